The Labute approximate surface area is 203 Å². The van der Waals surface area contributed by atoms with E-state index >= 15 is 0 Å². The number of halogens is 1. The number of nitrogens with one attached hydrogen (secondary N) is 1. The molecule has 33 heavy (non-hydrogen) atoms. The Kier molecular flexibility index (Phi) is 9.07. The highest BCUT2D eigenvalue weighted by Crippen LogP contribution is 2.18. The van der Waals surface area contributed by atoms with Crippen molar-refractivity contribution in [2.75, 3.05) is 6.61 Å². The van der Waals surface area contributed by atoms with Crippen LogP contribution < -0.4 is 10.1 Å². The lowest BCUT2D eigenvalue weighted by Gasteiger charge is -2.32. The first kappa shape index (κ1) is 24.5. The fraction of sp³-hybridized carbons (Fsp3) is 0.259. The van der Waals surface area contributed by atoms with Gasteiger partial charge in [0.15, 0.2) is 6.61 Å². The van der Waals surface area contributed by atoms with Gasteiger partial charge in [0.25, 0.3) is 5.91 Å². The van der Waals surface area contributed by atoms with Crippen LogP contribution >= 0.6 is 15.9 Å². The van der Waals surface area contributed by atoms with Crippen molar-refractivity contribution in [1.29, 1.82) is 0 Å². The molecule has 6 heteroatoms. The van der Waals surface area contributed by atoms with E-state index in [2.05, 4.69) is 21.2 Å². The van der Waals surface area contributed by atoms with Crippen LogP contribution in [-0.2, 0) is 22.6 Å². The molecular formula is C27H29BrN2O3. The molecule has 3 aromatic carbocycles. The Morgan fingerprint density at radius 3 is 2.09 bits per heavy atom. The van der Waals surface area contributed by atoms with Gasteiger partial charge in [-0.25, -0.2) is 0 Å². The van der Waals surface area contributed by atoms with Crippen molar-refractivity contribution in [2.45, 2.75) is 38.9 Å². The van der Waals surface area contributed by atoms with Crippen LogP contribution in [0.4, 0.5) is 0 Å². The molecule has 0 aliphatic rings. The number of hydrogen-bond donors (Lipinski definition) is 1. The molecule has 0 saturated heterocycles. The Morgan fingerprint density at radius 2 is 1.48 bits per heavy atom. The number of hydrogen-bond acceptors (Lipinski definition) is 3. The standard InChI is InChI=1S/C27H29BrN2O3/c1-20(2)29-27(32)25(17-21-9-5-3-6-10-21)30(18-22-13-15-23(28)16-14-22)26(31)19-33-24-11-7-4-8-12-24/h3-16,20,25H,17-19H2,1-2H3,(H,29,32). The third-order valence-electron chi connectivity index (χ3n) is 5.07. The van der Waals surface area contributed by atoms with Crippen LogP contribution in [0, 0.1) is 0 Å². The van der Waals surface area contributed by atoms with Gasteiger partial charge in [-0.3, -0.25) is 9.59 Å². The van der Waals surface area contributed by atoms with E-state index in [-0.39, 0.29) is 24.5 Å². The van der Waals surface area contributed by atoms with Crippen LogP contribution in [0.5, 0.6) is 5.75 Å². The van der Waals surface area contributed by atoms with Crippen molar-refractivity contribution in [3.8, 4) is 5.75 Å². The zero-order valence-electron chi connectivity index (χ0n) is 18.9. The number of rotatable bonds is 10. The highest BCUT2D eigenvalue weighted by molar-refractivity contribution is 9.10. The summed E-state index contributed by atoms with van der Waals surface area (Å²) < 4.78 is 6.69. The molecule has 172 valence electrons. The quantitative estimate of drug-likeness (QED) is 0.419. The Morgan fingerprint density at radius 1 is 0.879 bits per heavy atom. The average molecular weight is 509 g/mol. The van der Waals surface area contributed by atoms with Gasteiger partial charge in [-0.2, -0.15) is 0 Å². The fourth-order valence-corrected chi connectivity index (χ4v) is 3.73. The number of nitrogens with zero attached hydrogens (tertiary/aromatic N) is 1. The van der Waals surface area contributed by atoms with Crippen LogP contribution in [-0.4, -0.2) is 35.4 Å². The Balaban J connectivity index is 1.89. The summed E-state index contributed by atoms with van der Waals surface area (Å²) in [5.74, 6) is 0.182. The van der Waals surface area contributed by atoms with Crippen LogP contribution in [0.25, 0.3) is 0 Å². The maximum Gasteiger partial charge on any atom is 0.261 e. The zero-order chi connectivity index (χ0) is 23.6. The van der Waals surface area contributed by atoms with E-state index in [1.165, 1.54) is 0 Å². The minimum atomic E-state index is -0.676. The maximum absolute atomic E-state index is 13.4. The molecule has 0 aromatic heterocycles. The average Bonchev–Trinajstić information content (AvgIpc) is 2.82. The molecule has 0 radical (unpaired) electrons. The van der Waals surface area contributed by atoms with Crippen LogP contribution in [0.1, 0.15) is 25.0 Å². The van der Waals surface area contributed by atoms with Gasteiger partial charge in [0, 0.05) is 23.5 Å². The molecule has 3 rings (SSSR count). The third-order valence-corrected chi connectivity index (χ3v) is 5.60. The molecule has 0 heterocycles. The molecule has 1 unspecified atom stereocenters. The SMILES string of the molecule is CC(C)NC(=O)C(Cc1ccccc1)N(Cc1ccc(Br)cc1)C(=O)COc1ccccc1. The van der Waals surface area contributed by atoms with E-state index in [4.69, 9.17) is 4.74 Å². The minimum Gasteiger partial charge on any atom is -0.484 e. The monoisotopic (exact) mass is 508 g/mol. The molecular weight excluding hydrogens is 480 g/mol. The summed E-state index contributed by atoms with van der Waals surface area (Å²) in [5.41, 5.74) is 1.92. The van der Waals surface area contributed by atoms with Crippen molar-refractivity contribution in [1.82, 2.24) is 10.2 Å². The fourth-order valence-electron chi connectivity index (χ4n) is 3.47. The summed E-state index contributed by atoms with van der Waals surface area (Å²) >= 11 is 3.45. The molecule has 0 saturated carbocycles. The van der Waals surface area contributed by atoms with Crippen LogP contribution in [0.3, 0.4) is 0 Å². The number of amides is 2. The summed E-state index contributed by atoms with van der Waals surface area (Å²) in [4.78, 5) is 28.3. The zero-order valence-corrected chi connectivity index (χ0v) is 20.5. The molecule has 0 spiro atoms. The number of benzene rings is 3. The predicted molar refractivity (Wildman–Crippen MR) is 134 cm³/mol. The second-order valence-electron chi connectivity index (χ2n) is 8.12. The second-order valence-corrected chi connectivity index (χ2v) is 9.03. The molecule has 0 aliphatic heterocycles. The molecule has 1 atom stereocenters. The maximum atomic E-state index is 13.4. The second kappa shape index (κ2) is 12.2. The summed E-state index contributed by atoms with van der Waals surface area (Å²) in [5, 5.41) is 2.99. The van der Waals surface area contributed by atoms with Gasteiger partial charge in [-0.1, -0.05) is 76.6 Å². The topological polar surface area (TPSA) is 58.6 Å². The summed E-state index contributed by atoms with van der Waals surface area (Å²) in [7, 11) is 0. The number of ether oxygens (including phenoxy) is 1. The molecule has 0 fully saturated rings. The van der Waals surface area contributed by atoms with Gasteiger partial charge < -0.3 is 15.0 Å². The minimum absolute atomic E-state index is 0.0408. The first-order valence-corrected chi connectivity index (χ1v) is 11.8. The van der Waals surface area contributed by atoms with E-state index in [9.17, 15) is 9.59 Å². The van der Waals surface area contributed by atoms with Gasteiger partial charge >= 0.3 is 0 Å². The number of para-hydroxylation sites is 1. The van der Waals surface area contributed by atoms with Crippen LogP contribution in [0.15, 0.2) is 89.4 Å². The highest BCUT2D eigenvalue weighted by Gasteiger charge is 2.31. The van der Waals surface area contributed by atoms with Gasteiger partial charge in [-0.15, -0.1) is 0 Å². The summed E-state index contributed by atoms with van der Waals surface area (Å²) in [6.07, 6.45) is 0.410. The lowest BCUT2D eigenvalue weighted by Crippen LogP contribution is -2.52. The van der Waals surface area contributed by atoms with E-state index in [1.807, 2.05) is 86.6 Å². The van der Waals surface area contributed by atoms with E-state index < -0.39 is 6.04 Å². The van der Waals surface area contributed by atoms with Crippen molar-refractivity contribution >= 4 is 27.7 Å². The van der Waals surface area contributed by atoms with Gasteiger partial charge in [0.2, 0.25) is 5.91 Å². The molecule has 3 aromatic rings. The summed E-state index contributed by atoms with van der Waals surface area (Å²) in [6.45, 7) is 3.97. The van der Waals surface area contributed by atoms with E-state index in [1.54, 1.807) is 17.0 Å². The first-order chi connectivity index (χ1) is 15.9. The largest absolute Gasteiger partial charge is 0.484 e. The lowest BCUT2D eigenvalue weighted by molar-refractivity contribution is -0.143. The van der Waals surface area contributed by atoms with Gasteiger partial charge in [0.05, 0.1) is 0 Å². The Bertz CT molecular complexity index is 1020. The molecule has 2 amide bonds. The van der Waals surface area contributed by atoms with Crippen molar-refractivity contribution in [2.24, 2.45) is 0 Å². The van der Waals surface area contributed by atoms with E-state index in [0.717, 1.165) is 15.6 Å². The predicted octanol–water partition coefficient (Wildman–Crippen LogP) is 4.99. The third kappa shape index (κ3) is 7.75. The van der Waals surface area contributed by atoms with Gasteiger partial charge in [-0.05, 0) is 49.2 Å². The molecule has 1 N–H and O–H groups in total. The first-order valence-electron chi connectivity index (χ1n) is 11.0. The van der Waals surface area contributed by atoms with Crippen molar-refractivity contribution < 1.29 is 14.3 Å². The molecule has 0 aliphatic carbocycles. The molecule has 5 nitrogen and oxygen atoms in total. The smallest absolute Gasteiger partial charge is 0.261 e. The van der Waals surface area contributed by atoms with Crippen molar-refractivity contribution in [3.63, 3.8) is 0 Å². The normalized spacial score (nSPS) is 11.6. The van der Waals surface area contributed by atoms with Crippen LogP contribution in [0.2, 0.25) is 0 Å². The molecule has 0 bridgehead atoms. The number of carbonyl (C=O) groups is 2. The summed E-state index contributed by atoms with van der Waals surface area (Å²) in [6, 6.07) is 26.0. The lowest BCUT2D eigenvalue weighted by atomic mass is 10.0. The number of carbonyl (C=O) groups excluding carboxylic acids is 2. The van der Waals surface area contributed by atoms with E-state index in [0.29, 0.717) is 18.7 Å². The van der Waals surface area contributed by atoms with Crippen molar-refractivity contribution in [3.05, 3.63) is 101 Å². The van der Waals surface area contributed by atoms with Gasteiger partial charge in [0.1, 0.15) is 11.8 Å². The Hall–Kier alpha value is -3.12. The highest BCUT2D eigenvalue weighted by atomic mass is 79.9.